The molecule has 2 rings (SSSR count). The van der Waals surface area contributed by atoms with Crippen molar-refractivity contribution in [2.24, 2.45) is 0 Å². The highest BCUT2D eigenvalue weighted by molar-refractivity contribution is 7.09. The highest BCUT2D eigenvalue weighted by atomic mass is 32.1. The average Bonchev–Trinajstić information content (AvgIpc) is 2.81. The molecule has 19 heavy (non-hydrogen) atoms. The van der Waals surface area contributed by atoms with Crippen molar-refractivity contribution < 1.29 is 4.79 Å². The van der Waals surface area contributed by atoms with Crippen molar-refractivity contribution in [2.45, 2.75) is 13.5 Å². The van der Waals surface area contributed by atoms with Crippen molar-refractivity contribution in [3.05, 3.63) is 45.9 Å². The van der Waals surface area contributed by atoms with E-state index in [4.69, 9.17) is 0 Å². The van der Waals surface area contributed by atoms with Crippen molar-refractivity contribution >= 4 is 22.9 Å². The summed E-state index contributed by atoms with van der Waals surface area (Å²) in [5.41, 5.74) is 2.55. The smallest absolute Gasteiger partial charge is 0.255 e. The molecule has 5 heteroatoms. The van der Waals surface area contributed by atoms with Crippen molar-refractivity contribution in [3.63, 3.8) is 0 Å². The number of hydrogen-bond donors (Lipinski definition) is 1. The molecule has 100 valence electrons. The van der Waals surface area contributed by atoms with E-state index >= 15 is 0 Å². The Hall–Kier alpha value is -1.88. The molecule has 0 radical (unpaired) electrons. The number of carbonyl (C=O) groups is 1. The molecule has 0 saturated carbocycles. The average molecular weight is 275 g/mol. The summed E-state index contributed by atoms with van der Waals surface area (Å²) in [5, 5.41) is 6.32. The van der Waals surface area contributed by atoms with E-state index in [-0.39, 0.29) is 5.91 Å². The largest absolute Gasteiger partial charge is 0.378 e. The second kappa shape index (κ2) is 5.84. The summed E-state index contributed by atoms with van der Waals surface area (Å²) in [7, 11) is 3.51. The van der Waals surface area contributed by atoms with Gasteiger partial charge in [0.05, 0.1) is 12.1 Å². The van der Waals surface area contributed by atoms with Crippen LogP contribution in [0.25, 0.3) is 0 Å². The van der Waals surface area contributed by atoms with E-state index < -0.39 is 0 Å². The predicted octanol–water partition coefficient (Wildman–Crippen LogP) is 2.77. The summed E-state index contributed by atoms with van der Waals surface area (Å²) in [6.07, 6.45) is 0. The van der Waals surface area contributed by atoms with Crippen molar-refractivity contribution in [1.29, 1.82) is 0 Å². The molecule has 1 aromatic heterocycles. The number of benzene rings is 1. The molecule has 1 aromatic carbocycles. The molecule has 4 nitrogen and oxygen atoms in total. The Balaban J connectivity index is 2.14. The molecule has 1 N–H and O–H groups in total. The molecule has 0 aliphatic carbocycles. The quantitative estimate of drug-likeness (QED) is 0.933. The standard InChI is InChI=1S/C14H17N3OS/c1-10-9-19-13(16-10)8-15-12-7-5-4-6-11(12)14(18)17(2)3/h4-7,9,15H,8H2,1-3H3. The molecule has 2 aromatic rings. The third-order valence-electron chi connectivity index (χ3n) is 2.66. The van der Waals surface area contributed by atoms with Gasteiger partial charge in [0, 0.05) is 30.9 Å². The third kappa shape index (κ3) is 3.32. The van der Waals surface area contributed by atoms with E-state index in [0.29, 0.717) is 12.1 Å². The van der Waals surface area contributed by atoms with Crippen LogP contribution in [0.15, 0.2) is 29.6 Å². The van der Waals surface area contributed by atoms with Crippen LogP contribution in [0.3, 0.4) is 0 Å². The minimum atomic E-state index is -0.00146. The van der Waals surface area contributed by atoms with Crippen LogP contribution in [-0.2, 0) is 6.54 Å². The number of anilines is 1. The van der Waals surface area contributed by atoms with Gasteiger partial charge in [0.15, 0.2) is 0 Å². The first-order chi connectivity index (χ1) is 9.08. The van der Waals surface area contributed by atoms with E-state index in [1.54, 1.807) is 30.3 Å². The molecular weight excluding hydrogens is 258 g/mol. The number of thiazole rings is 1. The molecule has 1 amide bonds. The minimum absolute atomic E-state index is 0.00146. The highest BCUT2D eigenvalue weighted by Crippen LogP contribution is 2.18. The monoisotopic (exact) mass is 275 g/mol. The van der Waals surface area contributed by atoms with Crippen molar-refractivity contribution in [3.8, 4) is 0 Å². The Morgan fingerprint density at radius 1 is 1.37 bits per heavy atom. The number of nitrogens with one attached hydrogen (secondary N) is 1. The van der Waals surface area contributed by atoms with E-state index in [1.165, 1.54) is 0 Å². The third-order valence-corrected chi connectivity index (χ3v) is 3.63. The number of nitrogens with zero attached hydrogens (tertiary/aromatic N) is 2. The highest BCUT2D eigenvalue weighted by Gasteiger charge is 2.12. The van der Waals surface area contributed by atoms with Crippen molar-refractivity contribution in [1.82, 2.24) is 9.88 Å². The lowest BCUT2D eigenvalue weighted by Gasteiger charge is -2.14. The van der Waals surface area contributed by atoms with Gasteiger partial charge in [0.2, 0.25) is 0 Å². The van der Waals surface area contributed by atoms with Gasteiger partial charge in [-0.1, -0.05) is 12.1 Å². The van der Waals surface area contributed by atoms with Crippen molar-refractivity contribution in [2.75, 3.05) is 19.4 Å². The zero-order valence-electron chi connectivity index (χ0n) is 11.3. The zero-order chi connectivity index (χ0) is 13.8. The number of para-hydroxylation sites is 1. The zero-order valence-corrected chi connectivity index (χ0v) is 12.1. The molecule has 0 aliphatic rings. The Labute approximate surface area is 117 Å². The second-order valence-corrected chi connectivity index (χ2v) is 5.42. The lowest BCUT2D eigenvalue weighted by atomic mass is 10.1. The molecule has 0 bridgehead atoms. The Kier molecular flexibility index (Phi) is 4.16. The second-order valence-electron chi connectivity index (χ2n) is 4.48. The maximum atomic E-state index is 12.1. The van der Waals surface area contributed by atoms with Crippen LogP contribution in [0.1, 0.15) is 21.1 Å². The topological polar surface area (TPSA) is 45.2 Å². The van der Waals surface area contributed by atoms with E-state index in [1.807, 2.05) is 36.6 Å². The molecule has 0 atom stereocenters. The van der Waals surface area contributed by atoms with Gasteiger partial charge in [0.1, 0.15) is 5.01 Å². The van der Waals surface area contributed by atoms with Gasteiger partial charge in [-0.3, -0.25) is 4.79 Å². The maximum absolute atomic E-state index is 12.1. The summed E-state index contributed by atoms with van der Waals surface area (Å²) in [6.45, 7) is 2.61. The molecular formula is C14H17N3OS. The number of carbonyl (C=O) groups excluding carboxylic acids is 1. The van der Waals surface area contributed by atoms with E-state index in [2.05, 4.69) is 10.3 Å². The number of amides is 1. The Morgan fingerprint density at radius 3 is 2.74 bits per heavy atom. The summed E-state index contributed by atoms with van der Waals surface area (Å²) >= 11 is 1.62. The molecule has 0 saturated heterocycles. The van der Waals surface area contributed by atoms with Crippen LogP contribution in [0.5, 0.6) is 0 Å². The first-order valence-corrected chi connectivity index (χ1v) is 6.91. The lowest BCUT2D eigenvalue weighted by Crippen LogP contribution is -2.22. The minimum Gasteiger partial charge on any atom is -0.378 e. The molecule has 1 heterocycles. The van der Waals surface area contributed by atoms with Crippen LogP contribution in [-0.4, -0.2) is 29.9 Å². The van der Waals surface area contributed by atoms with Crippen LogP contribution >= 0.6 is 11.3 Å². The SMILES string of the molecule is Cc1csc(CNc2ccccc2C(=O)N(C)C)n1. The summed E-state index contributed by atoms with van der Waals surface area (Å²) in [6, 6.07) is 7.53. The first kappa shape index (κ1) is 13.5. The van der Waals surface area contributed by atoms with Gasteiger partial charge in [-0.2, -0.15) is 0 Å². The fourth-order valence-corrected chi connectivity index (χ4v) is 2.43. The summed E-state index contributed by atoms with van der Waals surface area (Å²) in [4.78, 5) is 18.0. The van der Waals surface area contributed by atoms with E-state index in [0.717, 1.165) is 16.4 Å². The van der Waals surface area contributed by atoms with Crippen LogP contribution in [0.4, 0.5) is 5.69 Å². The van der Waals surface area contributed by atoms with Crippen LogP contribution in [0.2, 0.25) is 0 Å². The number of aromatic nitrogens is 1. The van der Waals surface area contributed by atoms with Crippen LogP contribution < -0.4 is 5.32 Å². The van der Waals surface area contributed by atoms with Gasteiger partial charge in [-0.15, -0.1) is 11.3 Å². The Morgan fingerprint density at radius 2 is 2.11 bits per heavy atom. The number of rotatable bonds is 4. The van der Waals surface area contributed by atoms with E-state index in [9.17, 15) is 4.79 Å². The normalized spacial score (nSPS) is 10.3. The lowest BCUT2D eigenvalue weighted by molar-refractivity contribution is 0.0828. The molecule has 0 unspecified atom stereocenters. The predicted molar refractivity (Wildman–Crippen MR) is 78.6 cm³/mol. The van der Waals surface area contributed by atoms with Gasteiger partial charge in [0.25, 0.3) is 5.91 Å². The number of hydrogen-bond acceptors (Lipinski definition) is 4. The van der Waals surface area contributed by atoms with Gasteiger partial charge >= 0.3 is 0 Å². The Bertz CT molecular complexity index is 578. The molecule has 0 fully saturated rings. The van der Waals surface area contributed by atoms with Gasteiger partial charge in [-0.25, -0.2) is 4.98 Å². The summed E-state index contributed by atoms with van der Waals surface area (Å²) in [5.74, 6) is -0.00146. The van der Waals surface area contributed by atoms with Gasteiger partial charge in [-0.05, 0) is 19.1 Å². The number of aryl methyl sites for hydroxylation is 1. The van der Waals surface area contributed by atoms with Gasteiger partial charge < -0.3 is 10.2 Å². The van der Waals surface area contributed by atoms with Crippen LogP contribution in [0, 0.1) is 6.92 Å². The fraction of sp³-hybridized carbons (Fsp3) is 0.286. The molecule has 0 spiro atoms. The molecule has 0 aliphatic heterocycles. The fourth-order valence-electron chi connectivity index (χ4n) is 1.72. The first-order valence-electron chi connectivity index (χ1n) is 6.03. The maximum Gasteiger partial charge on any atom is 0.255 e. The summed E-state index contributed by atoms with van der Waals surface area (Å²) < 4.78 is 0.